The zero-order chi connectivity index (χ0) is 22.1. The summed E-state index contributed by atoms with van der Waals surface area (Å²) < 4.78 is 11.6. The van der Waals surface area contributed by atoms with Crippen molar-refractivity contribution in [1.29, 1.82) is 0 Å². The first-order chi connectivity index (χ1) is 14.3. The normalized spacial score (nSPS) is 12.0. The number of Topliss-reactive ketones (excluding diaryl/α,β-unsaturated/α-hetero) is 1. The van der Waals surface area contributed by atoms with Gasteiger partial charge in [0.05, 0.1) is 18.8 Å². The molecule has 2 N–H and O–H groups in total. The third-order valence-corrected chi connectivity index (χ3v) is 4.75. The maximum absolute atomic E-state index is 11.7. The molecule has 0 radical (unpaired) electrons. The molecule has 0 amide bonds. The number of ketones is 1. The summed E-state index contributed by atoms with van der Waals surface area (Å²) in [5.74, 6) is 0.0861. The number of aromatic hydroxyl groups is 1. The molecule has 0 aromatic heterocycles. The molecule has 6 nitrogen and oxygen atoms in total. The minimum Gasteiger partial charge on any atom is -0.507 e. The number of hydrogen-bond acceptors (Lipinski definition) is 5. The molecular weight excluding hydrogens is 384 g/mol. The largest absolute Gasteiger partial charge is 0.507 e. The summed E-state index contributed by atoms with van der Waals surface area (Å²) in [6.07, 6.45) is 4.01. The highest BCUT2D eigenvalue weighted by Gasteiger charge is 2.20. The number of hydrogen-bond donors (Lipinski definition) is 2. The second-order valence-corrected chi connectivity index (χ2v) is 7.03. The third-order valence-electron chi connectivity index (χ3n) is 4.75. The molecule has 0 aliphatic carbocycles. The zero-order valence-electron chi connectivity index (χ0n) is 17.6. The second-order valence-electron chi connectivity index (χ2n) is 7.03. The van der Waals surface area contributed by atoms with E-state index in [1.54, 1.807) is 36.4 Å². The summed E-state index contributed by atoms with van der Waals surface area (Å²) in [5.41, 5.74) is 1.70. The number of phenols is 1. The molecule has 0 saturated heterocycles. The minimum absolute atomic E-state index is 0.00293. The second kappa shape index (κ2) is 11.0. The van der Waals surface area contributed by atoms with Crippen molar-refractivity contribution < 1.29 is 29.3 Å². The molecule has 0 fully saturated rings. The molecule has 0 aliphatic heterocycles. The molecule has 1 atom stereocenters. The summed E-state index contributed by atoms with van der Waals surface area (Å²) >= 11 is 0. The van der Waals surface area contributed by atoms with E-state index in [0.29, 0.717) is 42.3 Å². The quantitative estimate of drug-likeness (QED) is 0.305. The minimum atomic E-state index is -1.00. The van der Waals surface area contributed by atoms with Crippen molar-refractivity contribution in [2.45, 2.75) is 39.5 Å². The monoisotopic (exact) mass is 412 g/mol. The number of phenolic OH excluding ortho intramolecular Hbond substituents is 1. The molecular formula is C24H28O6. The van der Waals surface area contributed by atoms with Crippen LogP contribution in [-0.2, 0) is 4.79 Å². The third kappa shape index (κ3) is 6.37. The van der Waals surface area contributed by atoms with Crippen LogP contribution in [0, 0.1) is 0 Å². The number of carboxylic acid groups (broad SMARTS) is 1. The number of ether oxygens (including phenoxy) is 2. The number of carboxylic acids is 1. The van der Waals surface area contributed by atoms with Crippen LogP contribution in [0.3, 0.4) is 0 Å². The Kier molecular flexibility index (Phi) is 8.47. The van der Waals surface area contributed by atoms with Crippen molar-refractivity contribution in [3.63, 3.8) is 0 Å². The molecule has 30 heavy (non-hydrogen) atoms. The lowest BCUT2D eigenvalue weighted by atomic mass is 9.93. The summed E-state index contributed by atoms with van der Waals surface area (Å²) in [4.78, 5) is 22.3. The van der Waals surface area contributed by atoms with E-state index >= 15 is 0 Å². The first-order valence-corrected chi connectivity index (χ1v) is 9.97. The van der Waals surface area contributed by atoms with Gasteiger partial charge in [-0.05, 0) is 55.2 Å². The van der Waals surface area contributed by atoms with Gasteiger partial charge in [-0.15, -0.1) is 0 Å². The van der Waals surface area contributed by atoms with Crippen LogP contribution < -0.4 is 9.47 Å². The highest BCUT2D eigenvalue weighted by Crippen LogP contribution is 2.38. The Morgan fingerprint density at radius 1 is 1.13 bits per heavy atom. The van der Waals surface area contributed by atoms with Crippen LogP contribution in [-0.4, -0.2) is 35.2 Å². The Hall–Kier alpha value is -3.28. The van der Waals surface area contributed by atoms with Crippen molar-refractivity contribution >= 4 is 17.8 Å². The molecule has 2 aromatic rings. The average Bonchev–Trinajstić information content (AvgIpc) is 2.71. The van der Waals surface area contributed by atoms with Gasteiger partial charge in [0.15, 0.2) is 5.78 Å². The van der Waals surface area contributed by atoms with Crippen LogP contribution in [0.2, 0.25) is 0 Å². The lowest BCUT2D eigenvalue weighted by Crippen LogP contribution is -2.08. The zero-order valence-corrected chi connectivity index (χ0v) is 17.6. The summed E-state index contributed by atoms with van der Waals surface area (Å²) in [5, 5.41) is 19.2. The first kappa shape index (κ1) is 23.0. The topological polar surface area (TPSA) is 93.1 Å². The Bertz CT molecular complexity index is 916. The highest BCUT2D eigenvalue weighted by molar-refractivity contribution is 5.97. The van der Waals surface area contributed by atoms with E-state index < -0.39 is 5.97 Å². The molecule has 160 valence electrons. The van der Waals surface area contributed by atoms with E-state index in [0.717, 1.165) is 18.1 Å². The van der Waals surface area contributed by atoms with Crippen molar-refractivity contribution in [1.82, 2.24) is 0 Å². The lowest BCUT2D eigenvalue weighted by molar-refractivity contribution is -0.131. The molecule has 1 unspecified atom stereocenters. The van der Waals surface area contributed by atoms with Gasteiger partial charge in [0.1, 0.15) is 17.2 Å². The van der Waals surface area contributed by atoms with Crippen molar-refractivity contribution in [3.05, 3.63) is 59.2 Å². The first-order valence-electron chi connectivity index (χ1n) is 9.97. The van der Waals surface area contributed by atoms with Crippen LogP contribution in [0.1, 0.15) is 61.0 Å². The number of rotatable bonds is 11. The van der Waals surface area contributed by atoms with Crippen molar-refractivity contribution in [2.24, 2.45) is 0 Å². The number of carbonyl (C=O) groups excluding carboxylic acids is 1. The van der Waals surface area contributed by atoms with Gasteiger partial charge < -0.3 is 19.7 Å². The molecule has 2 rings (SSSR count). The maximum atomic E-state index is 11.7. The van der Waals surface area contributed by atoms with E-state index in [1.165, 1.54) is 13.0 Å². The fourth-order valence-corrected chi connectivity index (χ4v) is 2.99. The van der Waals surface area contributed by atoms with E-state index in [9.17, 15) is 14.7 Å². The van der Waals surface area contributed by atoms with Crippen molar-refractivity contribution in [2.75, 3.05) is 13.2 Å². The number of carbonyl (C=O) groups is 2. The number of aliphatic carboxylic acids is 1. The Morgan fingerprint density at radius 3 is 2.53 bits per heavy atom. The standard InChI is InChI=1S/C24H28O6/c1-4-16(2)23-21(11-10-20(17(3)25)24(23)28)30-14-6-13-29-19-8-5-7-18(15-19)9-12-22(26)27/h5,7-12,15-16,28H,4,6,13-14H2,1-3H3,(H,26,27)/b12-9+. The van der Waals surface area contributed by atoms with Gasteiger partial charge in [-0.2, -0.15) is 0 Å². The van der Waals surface area contributed by atoms with Gasteiger partial charge in [-0.1, -0.05) is 26.0 Å². The molecule has 0 spiro atoms. The van der Waals surface area contributed by atoms with Gasteiger partial charge in [0.2, 0.25) is 0 Å². The molecule has 2 aromatic carbocycles. The fourth-order valence-electron chi connectivity index (χ4n) is 2.99. The van der Waals surface area contributed by atoms with Gasteiger partial charge in [0.25, 0.3) is 0 Å². The number of benzene rings is 2. The van der Waals surface area contributed by atoms with Gasteiger partial charge in [-0.25, -0.2) is 4.79 Å². The van der Waals surface area contributed by atoms with Crippen LogP contribution in [0.15, 0.2) is 42.5 Å². The summed E-state index contributed by atoms with van der Waals surface area (Å²) in [6.45, 7) is 6.24. The van der Waals surface area contributed by atoms with E-state index in [4.69, 9.17) is 14.6 Å². The molecule has 0 saturated carbocycles. The predicted molar refractivity (Wildman–Crippen MR) is 116 cm³/mol. The van der Waals surface area contributed by atoms with Crippen LogP contribution in [0.5, 0.6) is 17.2 Å². The fraction of sp³-hybridized carbons (Fsp3) is 0.333. The van der Waals surface area contributed by atoms with Gasteiger partial charge >= 0.3 is 5.97 Å². The van der Waals surface area contributed by atoms with E-state index in [1.807, 2.05) is 13.8 Å². The summed E-state index contributed by atoms with van der Waals surface area (Å²) in [6, 6.07) is 10.5. The van der Waals surface area contributed by atoms with Gasteiger partial charge in [-0.3, -0.25) is 4.79 Å². The smallest absolute Gasteiger partial charge is 0.328 e. The molecule has 0 bridgehead atoms. The summed E-state index contributed by atoms with van der Waals surface area (Å²) in [7, 11) is 0. The lowest BCUT2D eigenvalue weighted by Gasteiger charge is -2.19. The van der Waals surface area contributed by atoms with Crippen molar-refractivity contribution in [3.8, 4) is 17.2 Å². The Morgan fingerprint density at radius 2 is 1.87 bits per heavy atom. The van der Waals surface area contributed by atoms with E-state index in [-0.39, 0.29) is 17.5 Å². The molecule has 6 heteroatoms. The maximum Gasteiger partial charge on any atom is 0.328 e. The van der Waals surface area contributed by atoms with Crippen LogP contribution in [0.4, 0.5) is 0 Å². The Balaban J connectivity index is 1.95. The SMILES string of the molecule is CCC(C)c1c(OCCCOc2cccc(/C=C/C(=O)O)c2)ccc(C(C)=O)c1O. The molecule has 0 aliphatic rings. The van der Waals surface area contributed by atoms with Gasteiger partial charge in [0, 0.05) is 18.1 Å². The Labute approximate surface area is 176 Å². The van der Waals surface area contributed by atoms with Crippen LogP contribution in [0.25, 0.3) is 6.08 Å². The van der Waals surface area contributed by atoms with E-state index in [2.05, 4.69) is 0 Å². The highest BCUT2D eigenvalue weighted by atomic mass is 16.5. The average molecular weight is 412 g/mol. The van der Waals surface area contributed by atoms with Crippen LogP contribution >= 0.6 is 0 Å². The predicted octanol–water partition coefficient (Wildman–Crippen LogP) is 5.05. The molecule has 0 heterocycles.